The number of pyridine rings is 1. The first kappa shape index (κ1) is 12.9. The van der Waals surface area contributed by atoms with Crippen LogP contribution in [0.25, 0.3) is 0 Å². The summed E-state index contributed by atoms with van der Waals surface area (Å²) in [6.07, 6.45) is 1.53. The van der Waals surface area contributed by atoms with Gasteiger partial charge in [0, 0.05) is 29.8 Å². The highest BCUT2D eigenvalue weighted by Crippen LogP contribution is 2.24. The van der Waals surface area contributed by atoms with Crippen LogP contribution in [0.15, 0.2) is 16.7 Å². The summed E-state index contributed by atoms with van der Waals surface area (Å²) in [5.41, 5.74) is -0.0223. The number of anilines is 1. The van der Waals surface area contributed by atoms with Gasteiger partial charge in [0.25, 0.3) is 0 Å². The maximum Gasteiger partial charge on any atom is 0.312 e. The molecule has 1 heterocycles. The molecule has 6 nitrogen and oxygen atoms in total. The molecule has 0 fully saturated rings. The van der Waals surface area contributed by atoms with Crippen molar-refractivity contribution in [2.24, 2.45) is 0 Å². The molecule has 0 saturated heterocycles. The molecule has 1 rings (SSSR count). The summed E-state index contributed by atoms with van der Waals surface area (Å²) in [6.45, 7) is 4.21. The SMILES string of the molecule is CCNCCNc1ncc(Br)cc1[N+](=O)[O-]. The van der Waals surface area contributed by atoms with Crippen molar-refractivity contribution in [2.75, 3.05) is 25.0 Å². The van der Waals surface area contributed by atoms with Gasteiger partial charge in [-0.15, -0.1) is 0 Å². The van der Waals surface area contributed by atoms with E-state index in [2.05, 4.69) is 31.5 Å². The van der Waals surface area contributed by atoms with E-state index in [1.54, 1.807) is 0 Å². The predicted octanol–water partition coefficient (Wildman–Crippen LogP) is 1.77. The minimum atomic E-state index is -0.451. The molecule has 0 atom stereocenters. The monoisotopic (exact) mass is 288 g/mol. The molecule has 0 aromatic carbocycles. The van der Waals surface area contributed by atoms with Crippen molar-refractivity contribution in [1.82, 2.24) is 10.3 Å². The first-order valence-corrected chi connectivity index (χ1v) is 5.69. The number of hydrogen-bond donors (Lipinski definition) is 2. The Morgan fingerprint density at radius 2 is 2.31 bits per heavy atom. The lowest BCUT2D eigenvalue weighted by Crippen LogP contribution is -2.22. The molecular formula is C9H13BrN4O2. The van der Waals surface area contributed by atoms with Crippen molar-refractivity contribution < 1.29 is 4.92 Å². The number of aromatic nitrogens is 1. The lowest BCUT2D eigenvalue weighted by Gasteiger charge is -2.06. The molecule has 88 valence electrons. The van der Waals surface area contributed by atoms with Crippen LogP contribution in [0.3, 0.4) is 0 Å². The fourth-order valence-corrected chi connectivity index (χ4v) is 1.47. The lowest BCUT2D eigenvalue weighted by atomic mass is 10.4. The van der Waals surface area contributed by atoms with E-state index in [0.29, 0.717) is 16.8 Å². The molecule has 2 N–H and O–H groups in total. The van der Waals surface area contributed by atoms with Crippen LogP contribution < -0.4 is 10.6 Å². The van der Waals surface area contributed by atoms with Crippen molar-refractivity contribution in [3.05, 3.63) is 26.9 Å². The third-order valence-corrected chi connectivity index (χ3v) is 2.31. The summed E-state index contributed by atoms with van der Waals surface area (Å²) in [4.78, 5) is 14.3. The van der Waals surface area contributed by atoms with Crippen LogP contribution >= 0.6 is 15.9 Å². The van der Waals surface area contributed by atoms with E-state index in [-0.39, 0.29) is 5.69 Å². The molecule has 0 unspecified atom stereocenters. The highest BCUT2D eigenvalue weighted by Gasteiger charge is 2.14. The Labute approximate surface area is 102 Å². The average molecular weight is 289 g/mol. The number of nitrogens with one attached hydrogen (secondary N) is 2. The molecule has 0 saturated carbocycles. The zero-order valence-electron chi connectivity index (χ0n) is 8.86. The first-order chi connectivity index (χ1) is 7.65. The molecule has 0 aliphatic carbocycles. The van der Waals surface area contributed by atoms with Gasteiger partial charge in [-0.1, -0.05) is 6.92 Å². The molecule has 0 spiro atoms. The second-order valence-electron chi connectivity index (χ2n) is 3.06. The van der Waals surface area contributed by atoms with Crippen LogP contribution in [-0.4, -0.2) is 29.5 Å². The maximum absolute atomic E-state index is 10.8. The predicted molar refractivity (Wildman–Crippen MR) is 65.6 cm³/mol. The van der Waals surface area contributed by atoms with Gasteiger partial charge in [-0.3, -0.25) is 10.1 Å². The van der Waals surface area contributed by atoms with Crippen LogP contribution in [0, 0.1) is 10.1 Å². The maximum atomic E-state index is 10.8. The summed E-state index contributed by atoms with van der Waals surface area (Å²) in [7, 11) is 0. The molecule has 7 heteroatoms. The van der Waals surface area contributed by atoms with E-state index in [9.17, 15) is 10.1 Å². The number of rotatable bonds is 6. The van der Waals surface area contributed by atoms with E-state index in [0.717, 1.165) is 13.1 Å². The molecule has 16 heavy (non-hydrogen) atoms. The Bertz CT molecular complexity index is 373. The van der Waals surface area contributed by atoms with E-state index in [1.165, 1.54) is 12.3 Å². The van der Waals surface area contributed by atoms with Gasteiger partial charge < -0.3 is 10.6 Å². The van der Waals surface area contributed by atoms with Gasteiger partial charge in [-0.05, 0) is 22.5 Å². The van der Waals surface area contributed by atoms with Gasteiger partial charge in [0.05, 0.1) is 4.92 Å². The van der Waals surface area contributed by atoms with Crippen molar-refractivity contribution in [3.8, 4) is 0 Å². The Kier molecular flexibility index (Phi) is 5.13. The van der Waals surface area contributed by atoms with Crippen LogP contribution in [0.4, 0.5) is 11.5 Å². The highest BCUT2D eigenvalue weighted by molar-refractivity contribution is 9.10. The standard InChI is InChI=1S/C9H13BrN4O2/c1-2-11-3-4-12-9-8(14(15)16)5-7(10)6-13-9/h5-6,11H,2-4H2,1H3,(H,12,13). The zero-order chi connectivity index (χ0) is 12.0. The van der Waals surface area contributed by atoms with Crippen molar-refractivity contribution >= 4 is 27.4 Å². The quantitative estimate of drug-likeness (QED) is 0.474. The van der Waals surface area contributed by atoms with Crippen LogP contribution in [0.5, 0.6) is 0 Å². The van der Waals surface area contributed by atoms with Crippen molar-refractivity contribution in [1.29, 1.82) is 0 Å². The van der Waals surface area contributed by atoms with Gasteiger partial charge in [0.2, 0.25) is 5.82 Å². The Morgan fingerprint density at radius 1 is 1.56 bits per heavy atom. The molecule has 0 aliphatic rings. The summed E-state index contributed by atoms with van der Waals surface area (Å²) < 4.78 is 0.594. The molecule has 0 aliphatic heterocycles. The largest absolute Gasteiger partial charge is 0.363 e. The van der Waals surface area contributed by atoms with Crippen molar-refractivity contribution in [3.63, 3.8) is 0 Å². The zero-order valence-corrected chi connectivity index (χ0v) is 10.5. The first-order valence-electron chi connectivity index (χ1n) is 4.89. The smallest absolute Gasteiger partial charge is 0.312 e. The van der Waals surface area contributed by atoms with E-state index < -0.39 is 4.92 Å². The Balaban J connectivity index is 2.67. The third kappa shape index (κ3) is 3.74. The summed E-state index contributed by atoms with van der Waals surface area (Å²) in [5, 5.41) is 16.8. The molecule has 1 aromatic heterocycles. The fraction of sp³-hybridized carbons (Fsp3) is 0.444. The molecular weight excluding hydrogens is 276 g/mol. The lowest BCUT2D eigenvalue weighted by molar-refractivity contribution is -0.384. The van der Waals surface area contributed by atoms with Gasteiger partial charge in [0.15, 0.2) is 0 Å². The Morgan fingerprint density at radius 3 is 2.94 bits per heavy atom. The number of hydrogen-bond acceptors (Lipinski definition) is 5. The van der Waals surface area contributed by atoms with E-state index in [1.807, 2.05) is 6.92 Å². The number of nitrogens with zero attached hydrogens (tertiary/aromatic N) is 2. The highest BCUT2D eigenvalue weighted by atomic mass is 79.9. The number of halogens is 1. The fourth-order valence-electron chi connectivity index (χ4n) is 1.15. The molecule has 0 bridgehead atoms. The molecule has 0 radical (unpaired) electrons. The van der Waals surface area contributed by atoms with Crippen LogP contribution in [0.1, 0.15) is 6.92 Å². The molecule has 0 amide bonds. The summed E-state index contributed by atoms with van der Waals surface area (Å²) >= 11 is 3.15. The number of likely N-dealkylation sites (N-methyl/N-ethyl adjacent to an activating group) is 1. The normalized spacial score (nSPS) is 10.1. The van der Waals surface area contributed by atoms with Gasteiger partial charge >= 0.3 is 5.69 Å². The minimum Gasteiger partial charge on any atom is -0.363 e. The topological polar surface area (TPSA) is 80.1 Å². The summed E-state index contributed by atoms with van der Waals surface area (Å²) in [6, 6.07) is 1.43. The third-order valence-electron chi connectivity index (χ3n) is 1.88. The number of nitro groups is 1. The second kappa shape index (κ2) is 6.39. The average Bonchev–Trinajstić information content (AvgIpc) is 2.26. The molecule has 1 aromatic rings. The van der Waals surface area contributed by atoms with Crippen LogP contribution in [-0.2, 0) is 0 Å². The minimum absolute atomic E-state index is 0.0223. The van der Waals surface area contributed by atoms with Gasteiger partial charge in [-0.25, -0.2) is 4.98 Å². The second-order valence-corrected chi connectivity index (χ2v) is 3.97. The van der Waals surface area contributed by atoms with Gasteiger partial charge in [0.1, 0.15) is 0 Å². The van der Waals surface area contributed by atoms with Crippen LogP contribution in [0.2, 0.25) is 0 Å². The van der Waals surface area contributed by atoms with Gasteiger partial charge in [-0.2, -0.15) is 0 Å². The Hall–Kier alpha value is -1.21. The van der Waals surface area contributed by atoms with Crippen molar-refractivity contribution in [2.45, 2.75) is 6.92 Å². The van der Waals surface area contributed by atoms with E-state index >= 15 is 0 Å². The van der Waals surface area contributed by atoms with E-state index in [4.69, 9.17) is 0 Å². The summed E-state index contributed by atoms with van der Waals surface area (Å²) in [5.74, 6) is 0.297.